The van der Waals surface area contributed by atoms with Crippen LogP contribution >= 0.6 is 11.8 Å². The monoisotopic (exact) mass is 163 g/mol. The second kappa shape index (κ2) is 6.01. The molecule has 0 fully saturated rings. The van der Waals surface area contributed by atoms with Crippen LogP contribution in [0.2, 0.25) is 0 Å². The SMILES string of the molecule is CC(N)CSCOC(C)C. The molecule has 3 heteroatoms. The number of hydrogen-bond acceptors (Lipinski definition) is 3. The summed E-state index contributed by atoms with van der Waals surface area (Å²) < 4.78 is 5.30. The lowest BCUT2D eigenvalue weighted by molar-refractivity contribution is 0.120. The first-order valence-corrected chi connectivity index (χ1v) is 4.73. The Hall–Kier alpha value is 0.270. The van der Waals surface area contributed by atoms with E-state index in [0.717, 1.165) is 11.7 Å². The van der Waals surface area contributed by atoms with E-state index in [1.165, 1.54) is 0 Å². The second-order valence-electron chi connectivity index (χ2n) is 2.68. The summed E-state index contributed by atoms with van der Waals surface area (Å²) in [5.41, 5.74) is 5.53. The van der Waals surface area contributed by atoms with Crippen molar-refractivity contribution in [1.29, 1.82) is 0 Å². The smallest absolute Gasteiger partial charge is 0.0924 e. The van der Waals surface area contributed by atoms with Gasteiger partial charge >= 0.3 is 0 Å². The highest BCUT2D eigenvalue weighted by molar-refractivity contribution is 7.99. The molecule has 10 heavy (non-hydrogen) atoms. The molecule has 2 N–H and O–H groups in total. The largest absolute Gasteiger partial charge is 0.368 e. The van der Waals surface area contributed by atoms with Crippen LogP contribution in [0.4, 0.5) is 0 Å². The third-order valence-electron chi connectivity index (χ3n) is 0.865. The average Bonchev–Trinajstić information content (AvgIpc) is 1.79. The molecular weight excluding hydrogens is 146 g/mol. The van der Waals surface area contributed by atoms with Crippen molar-refractivity contribution in [3.63, 3.8) is 0 Å². The first kappa shape index (κ1) is 10.3. The van der Waals surface area contributed by atoms with Gasteiger partial charge in [-0.15, -0.1) is 11.8 Å². The highest BCUT2D eigenvalue weighted by Gasteiger charge is 1.95. The van der Waals surface area contributed by atoms with Gasteiger partial charge in [-0.3, -0.25) is 0 Å². The van der Waals surface area contributed by atoms with Gasteiger partial charge in [0.25, 0.3) is 0 Å². The molecule has 0 aromatic rings. The summed E-state index contributed by atoms with van der Waals surface area (Å²) in [5, 5.41) is 0. The summed E-state index contributed by atoms with van der Waals surface area (Å²) in [6.07, 6.45) is 0.334. The summed E-state index contributed by atoms with van der Waals surface area (Å²) in [4.78, 5) is 0. The number of nitrogens with two attached hydrogens (primary N) is 1. The topological polar surface area (TPSA) is 35.2 Å². The quantitative estimate of drug-likeness (QED) is 0.492. The van der Waals surface area contributed by atoms with Crippen LogP contribution in [0.1, 0.15) is 20.8 Å². The summed E-state index contributed by atoms with van der Waals surface area (Å²) >= 11 is 1.74. The molecule has 2 nitrogen and oxygen atoms in total. The molecule has 0 rings (SSSR count). The van der Waals surface area contributed by atoms with Crippen LogP contribution in [0.15, 0.2) is 0 Å². The van der Waals surface area contributed by atoms with Crippen molar-refractivity contribution in [3.05, 3.63) is 0 Å². The molecule has 0 radical (unpaired) electrons. The molecule has 0 saturated heterocycles. The van der Waals surface area contributed by atoms with Crippen LogP contribution < -0.4 is 5.73 Å². The Kier molecular flexibility index (Phi) is 6.17. The predicted octanol–water partition coefficient (Wildman–Crippen LogP) is 1.45. The Morgan fingerprint density at radius 3 is 2.40 bits per heavy atom. The molecule has 0 aromatic heterocycles. The zero-order valence-electron chi connectivity index (χ0n) is 6.96. The first-order valence-electron chi connectivity index (χ1n) is 3.58. The molecule has 0 aliphatic rings. The lowest BCUT2D eigenvalue weighted by atomic mass is 10.4. The molecule has 0 spiro atoms. The minimum Gasteiger partial charge on any atom is -0.368 e. The molecule has 1 atom stereocenters. The van der Waals surface area contributed by atoms with Crippen molar-refractivity contribution >= 4 is 11.8 Å². The first-order chi connectivity index (χ1) is 4.63. The zero-order valence-corrected chi connectivity index (χ0v) is 7.78. The summed E-state index contributed by atoms with van der Waals surface area (Å²) in [7, 11) is 0. The maximum atomic E-state index is 5.53. The van der Waals surface area contributed by atoms with E-state index in [1.54, 1.807) is 11.8 Å². The number of ether oxygens (including phenoxy) is 1. The van der Waals surface area contributed by atoms with Gasteiger partial charge in [-0.25, -0.2) is 0 Å². The maximum Gasteiger partial charge on any atom is 0.0924 e. The van der Waals surface area contributed by atoms with Gasteiger partial charge in [0, 0.05) is 11.8 Å². The van der Waals surface area contributed by atoms with Crippen LogP contribution in [0.25, 0.3) is 0 Å². The van der Waals surface area contributed by atoms with Crippen molar-refractivity contribution in [2.75, 3.05) is 11.7 Å². The second-order valence-corrected chi connectivity index (χ2v) is 3.66. The van der Waals surface area contributed by atoms with Crippen molar-refractivity contribution < 1.29 is 4.74 Å². The van der Waals surface area contributed by atoms with E-state index in [1.807, 2.05) is 20.8 Å². The van der Waals surface area contributed by atoms with Crippen LogP contribution in [-0.4, -0.2) is 23.8 Å². The fourth-order valence-electron chi connectivity index (χ4n) is 0.418. The lowest BCUT2D eigenvalue weighted by Crippen LogP contribution is -2.18. The van der Waals surface area contributed by atoms with Gasteiger partial charge in [0.05, 0.1) is 12.0 Å². The third-order valence-corrected chi connectivity index (χ3v) is 1.93. The molecule has 0 amide bonds. The van der Waals surface area contributed by atoms with Crippen molar-refractivity contribution in [2.24, 2.45) is 5.73 Å². The maximum absolute atomic E-state index is 5.53. The van der Waals surface area contributed by atoms with Crippen molar-refractivity contribution in [3.8, 4) is 0 Å². The van der Waals surface area contributed by atoms with Crippen molar-refractivity contribution in [2.45, 2.75) is 32.9 Å². The fourth-order valence-corrected chi connectivity index (χ4v) is 1.25. The van der Waals surface area contributed by atoms with Crippen LogP contribution in [-0.2, 0) is 4.74 Å². The van der Waals surface area contributed by atoms with Crippen LogP contribution in [0, 0.1) is 0 Å². The highest BCUT2D eigenvalue weighted by Crippen LogP contribution is 2.03. The molecule has 0 aliphatic carbocycles. The molecule has 0 heterocycles. The van der Waals surface area contributed by atoms with Gasteiger partial charge in [0.1, 0.15) is 0 Å². The summed E-state index contributed by atoms with van der Waals surface area (Å²) in [6, 6.07) is 0.278. The van der Waals surface area contributed by atoms with E-state index >= 15 is 0 Å². The van der Waals surface area contributed by atoms with E-state index in [-0.39, 0.29) is 6.04 Å². The standard InChI is InChI=1S/C7H17NOS/c1-6(2)9-5-10-4-7(3)8/h6-7H,4-5,8H2,1-3H3. The predicted molar refractivity (Wildman–Crippen MR) is 47.2 cm³/mol. The lowest BCUT2D eigenvalue weighted by Gasteiger charge is -2.07. The minimum atomic E-state index is 0.278. The average molecular weight is 163 g/mol. The molecule has 0 saturated carbocycles. The van der Waals surface area contributed by atoms with E-state index in [4.69, 9.17) is 10.5 Å². The minimum absolute atomic E-state index is 0.278. The highest BCUT2D eigenvalue weighted by atomic mass is 32.2. The molecule has 0 aromatic carbocycles. The molecule has 0 aliphatic heterocycles. The van der Waals surface area contributed by atoms with Crippen LogP contribution in [0.5, 0.6) is 0 Å². The summed E-state index contributed by atoms with van der Waals surface area (Å²) in [5.74, 6) is 1.74. The van der Waals surface area contributed by atoms with Gasteiger partial charge in [-0.2, -0.15) is 0 Å². The molecule has 0 bridgehead atoms. The van der Waals surface area contributed by atoms with Gasteiger partial charge in [-0.05, 0) is 20.8 Å². The van der Waals surface area contributed by atoms with E-state index in [9.17, 15) is 0 Å². The Morgan fingerprint density at radius 1 is 1.40 bits per heavy atom. The van der Waals surface area contributed by atoms with Gasteiger partial charge in [-0.1, -0.05) is 0 Å². The Balaban J connectivity index is 2.91. The van der Waals surface area contributed by atoms with E-state index in [2.05, 4.69) is 0 Å². The van der Waals surface area contributed by atoms with Crippen LogP contribution in [0.3, 0.4) is 0 Å². The number of rotatable bonds is 5. The normalized spacial score (nSPS) is 14.1. The third kappa shape index (κ3) is 8.27. The van der Waals surface area contributed by atoms with Crippen molar-refractivity contribution in [1.82, 2.24) is 0 Å². The van der Waals surface area contributed by atoms with Gasteiger partial charge < -0.3 is 10.5 Å². The Labute approximate surface area is 67.5 Å². The van der Waals surface area contributed by atoms with E-state index < -0.39 is 0 Å². The Morgan fingerprint density at radius 2 is 2.00 bits per heavy atom. The van der Waals surface area contributed by atoms with Gasteiger partial charge in [0.2, 0.25) is 0 Å². The van der Waals surface area contributed by atoms with E-state index in [0.29, 0.717) is 6.10 Å². The Bertz CT molecular complexity index is 66.0. The van der Waals surface area contributed by atoms with Gasteiger partial charge in [0.15, 0.2) is 0 Å². The fraction of sp³-hybridized carbons (Fsp3) is 1.00. The molecule has 1 unspecified atom stereocenters. The summed E-state index contributed by atoms with van der Waals surface area (Å²) in [6.45, 7) is 6.07. The molecule has 62 valence electrons. The number of thioether (sulfide) groups is 1. The molecular formula is C7H17NOS. The number of hydrogen-bond donors (Lipinski definition) is 1. The zero-order chi connectivity index (χ0) is 7.98.